The molecule has 0 saturated carbocycles. The number of aryl methyl sites for hydroxylation is 1. The van der Waals surface area contributed by atoms with Crippen molar-refractivity contribution in [1.29, 1.82) is 0 Å². The van der Waals surface area contributed by atoms with Gasteiger partial charge in [-0.3, -0.25) is 0 Å². The van der Waals surface area contributed by atoms with E-state index in [1.54, 1.807) is 20.1 Å². The number of anilines is 2. The highest BCUT2D eigenvalue weighted by Gasteiger charge is 2.23. The molecular formula is C23H26FN5O4. The molecule has 1 aromatic carbocycles. The summed E-state index contributed by atoms with van der Waals surface area (Å²) >= 11 is 0. The van der Waals surface area contributed by atoms with E-state index >= 15 is 0 Å². The van der Waals surface area contributed by atoms with Gasteiger partial charge in [0.25, 0.3) is 0 Å². The molecule has 0 aliphatic carbocycles. The van der Waals surface area contributed by atoms with Gasteiger partial charge >= 0.3 is 5.97 Å². The normalized spacial score (nSPS) is 14.0. The number of carboxylic acid groups (broad SMARTS) is 1. The van der Waals surface area contributed by atoms with E-state index in [9.17, 15) is 14.3 Å². The summed E-state index contributed by atoms with van der Waals surface area (Å²) in [6, 6.07) is 6.10. The van der Waals surface area contributed by atoms with Crippen molar-refractivity contribution in [2.45, 2.75) is 6.92 Å². The lowest BCUT2D eigenvalue weighted by molar-refractivity contribution is 0.0691. The fraction of sp³-hybridized carbons (Fsp3) is 0.391. The lowest BCUT2D eigenvalue weighted by Gasteiger charge is -2.28. The van der Waals surface area contributed by atoms with Crippen LogP contribution in [0.1, 0.15) is 16.1 Å². The summed E-state index contributed by atoms with van der Waals surface area (Å²) in [5.41, 5.74) is 2.85. The fourth-order valence-electron chi connectivity index (χ4n) is 3.81. The van der Waals surface area contributed by atoms with E-state index in [0.29, 0.717) is 73.4 Å². The summed E-state index contributed by atoms with van der Waals surface area (Å²) in [6.07, 6.45) is 0. The SMILES string of the molecule is COCCN(C)c1cc(C(=O)O)nc2c(-c3cc(C)cc(F)c3)nc(N3CCOCC3)nc12. The first-order chi connectivity index (χ1) is 15.9. The second-order valence-electron chi connectivity index (χ2n) is 7.93. The third-order valence-corrected chi connectivity index (χ3v) is 5.49. The molecule has 3 aromatic rings. The second kappa shape index (κ2) is 9.63. The molecule has 9 nitrogen and oxygen atoms in total. The Labute approximate surface area is 190 Å². The molecule has 1 aliphatic heterocycles. The second-order valence-corrected chi connectivity index (χ2v) is 7.93. The largest absolute Gasteiger partial charge is 0.477 e. The minimum absolute atomic E-state index is 0.140. The predicted octanol–water partition coefficient (Wildman–Crippen LogP) is 2.76. The topological polar surface area (TPSA) is 101 Å². The highest BCUT2D eigenvalue weighted by Crippen LogP contribution is 2.34. The van der Waals surface area contributed by atoms with Crippen molar-refractivity contribution in [3.63, 3.8) is 0 Å². The van der Waals surface area contributed by atoms with Crippen LogP contribution >= 0.6 is 0 Å². The van der Waals surface area contributed by atoms with Gasteiger partial charge in [0.15, 0.2) is 5.69 Å². The zero-order valence-electron chi connectivity index (χ0n) is 18.8. The molecule has 174 valence electrons. The Morgan fingerprint density at radius 3 is 2.61 bits per heavy atom. The van der Waals surface area contributed by atoms with Gasteiger partial charge in [-0.2, -0.15) is 0 Å². The quantitative estimate of drug-likeness (QED) is 0.576. The van der Waals surface area contributed by atoms with Gasteiger partial charge in [-0.15, -0.1) is 0 Å². The van der Waals surface area contributed by atoms with Gasteiger partial charge in [-0.1, -0.05) is 0 Å². The molecule has 1 saturated heterocycles. The molecule has 0 spiro atoms. The van der Waals surface area contributed by atoms with E-state index in [4.69, 9.17) is 19.4 Å². The van der Waals surface area contributed by atoms with Crippen molar-refractivity contribution < 1.29 is 23.8 Å². The molecule has 3 heterocycles. The maximum Gasteiger partial charge on any atom is 0.354 e. The molecule has 1 N–H and O–H groups in total. The Balaban J connectivity index is 2.01. The number of ether oxygens (including phenoxy) is 2. The molecule has 4 rings (SSSR count). The number of aromatic nitrogens is 3. The van der Waals surface area contributed by atoms with Crippen LogP contribution in [0.4, 0.5) is 16.0 Å². The molecule has 10 heteroatoms. The average Bonchev–Trinajstić information content (AvgIpc) is 2.81. The number of rotatable bonds is 7. The van der Waals surface area contributed by atoms with E-state index in [0.717, 1.165) is 5.56 Å². The number of aromatic carboxylic acids is 1. The predicted molar refractivity (Wildman–Crippen MR) is 123 cm³/mol. The zero-order valence-corrected chi connectivity index (χ0v) is 18.8. The Kier molecular flexibility index (Phi) is 6.66. The number of likely N-dealkylation sites (N-methyl/N-ethyl adjacent to an activating group) is 1. The van der Waals surface area contributed by atoms with Crippen molar-refractivity contribution >= 4 is 28.6 Å². The van der Waals surface area contributed by atoms with Crippen molar-refractivity contribution in [2.75, 3.05) is 63.4 Å². The van der Waals surface area contributed by atoms with Gasteiger partial charge in [0.2, 0.25) is 5.95 Å². The summed E-state index contributed by atoms with van der Waals surface area (Å²) < 4.78 is 25.0. The third-order valence-electron chi connectivity index (χ3n) is 5.49. The molecule has 0 amide bonds. The number of hydrogen-bond donors (Lipinski definition) is 1. The standard InChI is InChI=1S/C23H26FN5O4/c1-14-10-15(12-16(24)11-14)19-21-20(27-23(26-19)29-5-8-33-9-6-29)18(28(2)4-7-32-3)13-17(25-21)22(30)31/h10-13H,4-9H2,1-3H3,(H,30,31). The Hall–Kier alpha value is -3.37. The molecule has 1 aliphatic rings. The number of methoxy groups -OCH3 is 1. The van der Waals surface area contributed by atoms with Gasteiger partial charge in [0.05, 0.1) is 25.5 Å². The zero-order chi connectivity index (χ0) is 23.5. The average molecular weight is 455 g/mol. The van der Waals surface area contributed by atoms with E-state index in [1.807, 2.05) is 16.8 Å². The number of hydrogen-bond acceptors (Lipinski definition) is 8. The van der Waals surface area contributed by atoms with Crippen molar-refractivity contribution in [3.05, 3.63) is 41.3 Å². The summed E-state index contributed by atoms with van der Waals surface area (Å²) in [5, 5.41) is 9.71. The van der Waals surface area contributed by atoms with Crippen molar-refractivity contribution in [3.8, 4) is 11.3 Å². The number of fused-ring (bicyclic) bond motifs is 1. The Bertz CT molecular complexity index is 1160. The van der Waals surface area contributed by atoms with Crippen LogP contribution in [-0.4, -0.2) is 79.6 Å². The van der Waals surface area contributed by atoms with Crippen LogP contribution in [0.25, 0.3) is 22.3 Å². The summed E-state index contributed by atoms with van der Waals surface area (Å²) in [4.78, 5) is 29.6. The maximum absolute atomic E-state index is 14.3. The van der Waals surface area contributed by atoms with Crippen LogP contribution in [0.2, 0.25) is 0 Å². The first-order valence-corrected chi connectivity index (χ1v) is 10.6. The molecule has 2 aromatic heterocycles. The van der Waals surface area contributed by atoms with E-state index < -0.39 is 11.8 Å². The molecule has 0 bridgehead atoms. The number of carbonyl (C=O) groups is 1. The molecule has 0 atom stereocenters. The van der Waals surface area contributed by atoms with Crippen LogP contribution in [-0.2, 0) is 9.47 Å². The maximum atomic E-state index is 14.3. The third kappa shape index (κ3) is 4.86. The van der Waals surface area contributed by atoms with Gasteiger partial charge in [-0.05, 0) is 36.8 Å². The number of halogens is 1. The molecule has 33 heavy (non-hydrogen) atoms. The highest BCUT2D eigenvalue weighted by atomic mass is 19.1. The van der Waals surface area contributed by atoms with Crippen molar-refractivity contribution in [2.24, 2.45) is 0 Å². The first-order valence-electron chi connectivity index (χ1n) is 10.6. The molecular weight excluding hydrogens is 429 g/mol. The van der Waals surface area contributed by atoms with Crippen LogP contribution in [0.3, 0.4) is 0 Å². The van der Waals surface area contributed by atoms with Gasteiger partial charge < -0.3 is 24.4 Å². The lowest BCUT2D eigenvalue weighted by Crippen LogP contribution is -2.37. The van der Waals surface area contributed by atoms with Crippen LogP contribution in [0, 0.1) is 12.7 Å². The lowest BCUT2D eigenvalue weighted by atomic mass is 10.1. The highest BCUT2D eigenvalue weighted by molar-refractivity contribution is 6.01. The number of carboxylic acids is 1. The van der Waals surface area contributed by atoms with Crippen LogP contribution in [0.5, 0.6) is 0 Å². The van der Waals surface area contributed by atoms with Crippen molar-refractivity contribution in [1.82, 2.24) is 15.0 Å². The Morgan fingerprint density at radius 2 is 1.94 bits per heavy atom. The summed E-state index contributed by atoms with van der Waals surface area (Å²) in [6.45, 7) is 5.07. The number of pyridine rings is 1. The van der Waals surface area contributed by atoms with Crippen LogP contribution in [0.15, 0.2) is 24.3 Å². The fourth-order valence-corrected chi connectivity index (χ4v) is 3.81. The first kappa shape index (κ1) is 22.8. The molecule has 0 radical (unpaired) electrons. The number of morpholine rings is 1. The number of benzene rings is 1. The minimum atomic E-state index is -1.17. The smallest absolute Gasteiger partial charge is 0.354 e. The summed E-state index contributed by atoms with van der Waals surface area (Å²) in [5.74, 6) is -1.11. The molecule has 0 unspecified atom stereocenters. The number of nitrogens with zero attached hydrogens (tertiary/aromatic N) is 5. The minimum Gasteiger partial charge on any atom is -0.477 e. The molecule has 1 fully saturated rings. The van der Waals surface area contributed by atoms with Gasteiger partial charge in [0, 0.05) is 39.4 Å². The van der Waals surface area contributed by atoms with Crippen LogP contribution < -0.4 is 9.80 Å². The van der Waals surface area contributed by atoms with E-state index in [-0.39, 0.29) is 5.69 Å². The van der Waals surface area contributed by atoms with Gasteiger partial charge in [-0.25, -0.2) is 24.1 Å². The van der Waals surface area contributed by atoms with E-state index in [1.165, 1.54) is 18.2 Å². The van der Waals surface area contributed by atoms with E-state index in [2.05, 4.69) is 4.98 Å². The van der Waals surface area contributed by atoms with Gasteiger partial charge in [0.1, 0.15) is 22.5 Å². The Morgan fingerprint density at radius 1 is 1.18 bits per heavy atom. The summed E-state index contributed by atoms with van der Waals surface area (Å²) in [7, 11) is 3.44. The monoisotopic (exact) mass is 455 g/mol.